The molecule has 0 amide bonds. The monoisotopic (exact) mass is 298 g/mol. The molecule has 1 unspecified atom stereocenters. The quantitative estimate of drug-likeness (QED) is 0.542. The van der Waals surface area contributed by atoms with Crippen LogP contribution in [0.15, 0.2) is 0 Å². The number of rotatable bonds is 6. The summed E-state index contributed by atoms with van der Waals surface area (Å²) in [6, 6.07) is 0. The first kappa shape index (κ1) is 17.3. The number of ketones is 2. The minimum absolute atomic E-state index is 0.0341. The predicted molar refractivity (Wildman–Crippen MR) is 73.3 cm³/mol. The van der Waals surface area contributed by atoms with Crippen molar-refractivity contribution in [1.29, 1.82) is 0 Å². The minimum atomic E-state index is -0.563. The van der Waals surface area contributed by atoms with Gasteiger partial charge in [-0.15, -0.1) is 0 Å². The molecule has 1 atom stereocenters. The molecule has 0 radical (unpaired) electrons. The molecule has 0 bridgehead atoms. The van der Waals surface area contributed by atoms with Crippen LogP contribution in [0.5, 0.6) is 0 Å². The van der Waals surface area contributed by atoms with Crippen LogP contribution in [0.25, 0.3) is 0 Å². The summed E-state index contributed by atoms with van der Waals surface area (Å²) in [5.74, 6) is -1.02. The average Bonchev–Trinajstić information content (AvgIpc) is 3.34. The van der Waals surface area contributed by atoms with Crippen molar-refractivity contribution < 1.29 is 28.7 Å². The van der Waals surface area contributed by atoms with Gasteiger partial charge in [-0.05, 0) is 32.6 Å². The Balaban J connectivity index is 0.000000211. The predicted octanol–water partition coefficient (Wildman–Crippen LogP) is 1.30. The lowest BCUT2D eigenvalue weighted by molar-refractivity contribution is -0.149. The van der Waals surface area contributed by atoms with E-state index in [0.29, 0.717) is 0 Å². The molecule has 21 heavy (non-hydrogen) atoms. The van der Waals surface area contributed by atoms with E-state index in [1.807, 2.05) is 0 Å². The SMILES string of the molecule is COC(=O)C(C)C(=O)C1CC1.COC(=O)CC(=O)C1CC1. The van der Waals surface area contributed by atoms with Crippen LogP contribution < -0.4 is 0 Å². The highest BCUT2D eigenvalue weighted by molar-refractivity contribution is 6.00. The molecule has 2 saturated carbocycles. The third kappa shape index (κ3) is 6.06. The van der Waals surface area contributed by atoms with E-state index < -0.39 is 17.9 Å². The first-order chi connectivity index (χ1) is 9.90. The lowest BCUT2D eigenvalue weighted by Gasteiger charge is -2.05. The molecule has 0 heterocycles. The second-order valence-corrected chi connectivity index (χ2v) is 5.41. The van der Waals surface area contributed by atoms with E-state index in [-0.39, 0.29) is 29.8 Å². The summed E-state index contributed by atoms with van der Waals surface area (Å²) >= 11 is 0. The summed E-state index contributed by atoms with van der Waals surface area (Å²) in [6.45, 7) is 1.60. The van der Waals surface area contributed by atoms with Gasteiger partial charge in [0.1, 0.15) is 23.9 Å². The average molecular weight is 298 g/mol. The van der Waals surface area contributed by atoms with Gasteiger partial charge < -0.3 is 9.47 Å². The molecule has 0 aromatic heterocycles. The second-order valence-electron chi connectivity index (χ2n) is 5.41. The summed E-state index contributed by atoms with van der Waals surface area (Å²) in [4.78, 5) is 43.4. The molecule has 2 fully saturated rings. The Hall–Kier alpha value is -1.72. The molecule has 0 saturated heterocycles. The van der Waals surface area contributed by atoms with Gasteiger partial charge in [-0.3, -0.25) is 19.2 Å². The second kappa shape index (κ2) is 7.90. The fourth-order valence-electron chi connectivity index (χ4n) is 1.78. The smallest absolute Gasteiger partial charge is 0.315 e. The first-order valence-corrected chi connectivity index (χ1v) is 7.11. The highest BCUT2D eigenvalue weighted by Crippen LogP contribution is 2.32. The van der Waals surface area contributed by atoms with Crippen LogP contribution in [0.1, 0.15) is 39.0 Å². The van der Waals surface area contributed by atoms with Crippen LogP contribution >= 0.6 is 0 Å². The number of carbonyl (C=O) groups is 4. The summed E-state index contributed by atoms with van der Waals surface area (Å²) in [7, 11) is 2.60. The van der Waals surface area contributed by atoms with Crippen LogP contribution in [0.3, 0.4) is 0 Å². The lowest BCUT2D eigenvalue weighted by Crippen LogP contribution is -2.23. The molecule has 0 N–H and O–H groups in total. The molecular formula is C15H22O6. The minimum Gasteiger partial charge on any atom is -0.469 e. The van der Waals surface area contributed by atoms with E-state index in [2.05, 4.69) is 9.47 Å². The number of hydrogen-bond donors (Lipinski definition) is 0. The molecule has 6 nitrogen and oxygen atoms in total. The number of Topliss-reactive ketones (excluding diaryl/α,β-unsaturated/α-hetero) is 2. The Kier molecular flexibility index (Phi) is 6.52. The third-order valence-electron chi connectivity index (χ3n) is 3.54. The molecule has 2 aliphatic carbocycles. The van der Waals surface area contributed by atoms with Crippen LogP contribution in [0, 0.1) is 17.8 Å². The first-order valence-electron chi connectivity index (χ1n) is 7.11. The summed E-state index contributed by atoms with van der Waals surface area (Å²) < 4.78 is 8.79. The van der Waals surface area contributed by atoms with Crippen molar-refractivity contribution in [2.24, 2.45) is 17.8 Å². The van der Waals surface area contributed by atoms with Gasteiger partial charge in [-0.25, -0.2) is 0 Å². The van der Waals surface area contributed by atoms with Crippen LogP contribution in [-0.2, 0) is 28.7 Å². The van der Waals surface area contributed by atoms with Gasteiger partial charge in [0.2, 0.25) is 0 Å². The van der Waals surface area contributed by atoms with E-state index in [1.54, 1.807) is 6.92 Å². The van der Waals surface area contributed by atoms with Crippen molar-refractivity contribution in [1.82, 2.24) is 0 Å². The zero-order chi connectivity index (χ0) is 16.0. The fourth-order valence-corrected chi connectivity index (χ4v) is 1.78. The number of methoxy groups -OCH3 is 2. The molecule has 6 heteroatoms. The van der Waals surface area contributed by atoms with E-state index >= 15 is 0 Å². The topological polar surface area (TPSA) is 86.7 Å². The number of carbonyl (C=O) groups excluding carboxylic acids is 4. The van der Waals surface area contributed by atoms with Gasteiger partial charge in [-0.2, -0.15) is 0 Å². The van der Waals surface area contributed by atoms with Crippen LogP contribution in [0.2, 0.25) is 0 Å². The molecular weight excluding hydrogens is 276 g/mol. The molecule has 0 aromatic carbocycles. The van der Waals surface area contributed by atoms with Gasteiger partial charge in [0.15, 0.2) is 0 Å². The third-order valence-corrected chi connectivity index (χ3v) is 3.54. The van der Waals surface area contributed by atoms with Gasteiger partial charge in [0.25, 0.3) is 0 Å². The van der Waals surface area contributed by atoms with Crippen molar-refractivity contribution in [2.45, 2.75) is 39.0 Å². The number of esters is 2. The van der Waals surface area contributed by atoms with Crippen molar-refractivity contribution in [2.75, 3.05) is 14.2 Å². The number of ether oxygens (including phenoxy) is 2. The molecule has 0 spiro atoms. The summed E-state index contributed by atoms with van der Waals surface area (Å²) in [6.07, 6.45) is 3.76. The maximum Gasteiger partial charge on any atom is 0.315 e. The van der Waals surface area contributed by atoms with Gasteiger partial charge in [0, 0.05) is 11.8 Å². The highest BCUT2D eigenvalue weighted by Gasteiger charge is 2.36. The largest absolute Gasteiger partial charge is 0.469 e. The van der Waals surface area contributed by atoms with Gasteiger partial charge in [0.05, 0.1) is 14.2 Å². The van der Waals surface area contributed by atoms with Crippen molar-refractivity contribution >= 4 is 23.5 Å². The maximum atomic E-state index is 11.2. The van der Waals surface area contributed by atoms with E-state index in [1.165, 1.54) is 14.2 Å². The summed E-state index contributed by atoms with van der Waals surface area (Å²) in [5.41, 5.74) is 0. The highest BCUT2D eigenvalue weighted by atomic mass is 16.5. The Bertz CT molecular complexity index is 420. The molecule has 2 aliphatic rings. The van der Waals surface area contributed by atoms with Crippen molar-refractivity contribution in [3.05, 3.63) is 0 Å². The zero-order valence-corrected chi connectivity index (χ0v) is 12.7. The molecule has 0 aromatic rings. The fraction of sp³-hybridized carbons (Fsp3) is 0.733. The van der Waals surface area contributed by atoms with Gasteiger partial charge >= 0.3 is 11.9 Å². The lowest BCUT2D eigenvalue weighted by atomic mass is 10.0. The number of hydrogen-bond acceptors (Lipinski definition) is 6. The standard InChI is InChI=1S/C8H12O3.C7H10O3/c1-5(8(10)11-2)7(9)6-3-4-6;1-10-7(9)4-6(8)5-2-3-5/h5-6H,3-4H2,1-2H3;5H,2-4H2,1H3. The molecule has 118 valence electrons. The Morgan fingerprint density at radius 1 is 0.952 bits per heavy atom. The molecule has 2 rings (SSSR count). The maximum absolute atomic E-state index is 11.2. The van der Waals surface area contributed by atoms with Crippen LogP contribution in [-0.4, -0.2) is 37.7 Å². The van der Waals surface area contributed by atoms with Crippen molar-refractivity contribution in [3.63, 3.8) is 0 Å². The van der Waals surface area contributed by atoms with E-state index in [0.717, 1.165) is 25.7 Å². The summed E-state index contributed by atoms with van der Waals surface area (Å²) in [5, 5.41) is 0. The Labute approximate surface area is 124 Å². The van der Waals surface area contributed by atoms with E-state index in [9.17, 15) is 19.2 Å². The van der Waals surface area contributed by atoms with Gasteiger partial charge in [-0.1, -0.05) is 0 Å². The normalized spacial score (nSPS) is 17.9. The van der Waals surface area contributed by atoms with E-state index in [4.69, 9.17) is 0 Å². The Morgan fingerprint density at radius 3 is 1.86 bits per heavy atom. The zero-order valence-electron chi connectivity index (χ0n) is 12.7. The Morgan fingerprint density at radius 2 is 1.48 bits per heavy atom. The van der Waals surface area contributed by atoms with Crippen LogP contribution in [0.4, 0.5) is 0 Å². The molecule has 0 aliphatic heterocycles. The van der Waals surface area contributed by atoms with Crippen molar-refractivity contribution in [3.8, 4) is 0 Å².